The highest BCUT2D eigenvalue weighted by Crippen LogP contribution is 2.11. The van der Waals surface area contributed by atoms with Crippen molar-refractivity contribution in [3.63, 3.8) is 0 Å². The zero-order chi connectivity index (χ0) is 25.6. The van der Waals surface area contributed by atoms with Crippen LogP contribution in [0.15, 0.2) is 12.3 Å². The van der Waals surface area contributed by atoms with Gasteiger partial charge in [0.05, 0.1) is 0 Å². The van der Waals surface area contributed by atoms with Gasteiger partial charge in [-0.1, -0.05) is 27.2 Å². The van der Waals surface area contributed by atoms with Crippen LogP contribution in [-0.2, 0) is 4.74 Å². The number of anilines is 1. The first kappa shape index (κ1) is 28.9. The number of unbranched alkanes of at least 4 members (excludes halogenated alkanes) is 3. The molecular weight excluding hydrogens is 434 g/mol. The molecule has 0 radical (unpaired) electrons. The van der Waals surface area contributed by atoms with E-state index in [-0.39, 0.29) is 17.8 Å². The lowest BCUT2D eigenvalue weighted by atomic mass is 10.2. The lowest BCUT2D eigenvalue weighted by Crippen LogP contribution is -2.51. The van der Waals surface area contributed by atoms with Gasteiger partial charge in [-0.25, -0.2) is 20.0 Å². The maximum atomic E-state index is 13.1. The molecule has 190 valence electrons. The Balaban J connectivity index is 2.63. The Morgan fingerprint density at radius 1 is 1.18 bits per heavy atom. The Hall–Kier alpha value is -3.09. The smallest absolute Gasteiger partial charge is 0.407 e. The zero-order valence-electron chi connectivity index (χ0n) is 21.6. The number of nitrogens with zero attached hydrogens (tertiary/aromatic N) is 5. The molecule has 0 spiro atoms. The average molecular weight is 476 g/mol. The van der Waals surface area contributed by atoms with Crippen LogP contribution in [-0.4, -0.2) is 58.8 Å². The van der Waals surface area contributed by atoms with Crippen LogP contribution in [0, 0.1) is 17.2 Å². The molecule has 10 heteroatoms. The fourth-order valence-corrected chi connectivity index (χ4v) is 3.07. The third-order valence-corrected chi connectivity index (χ3v) is 4.64. The predicted molar refractivity (Wildman–Crippen MR) is 132 cm³/mol. The molecule has 0 saturated heterocycles. The molecule has 1 aromatic heterocycles. The number of nitriles is 1. The number of rotatable bonds is 13. The standard InChI is InChI=1S/C24H41N7O3/c1-7-8-15-30(16-11-9-10-13-27-23(33)34-24(4,5)6)22(32)29-31(18-19(2)3)21-12-14-26-20(17-25)28-21/h12,14,19H,7-11,13,15-16,18H2,1-6H3,(H,27,33)(H,29,32). The minimum absolute atomic E-state index is 0.0586. The summed E-state index contributed by atoms with van der Waals surface area (Å²) in [6, 6.07) is 3.42. The van der Waals surface area contributed by atoms with Crippen LogP contribution in [0.5, 0.6) is 0 Å². The van der Waals surface area contributed by atoms with Gasteiger partial charge in [-0.05, 0) is 52.4 Å². The van der Waals surface area contributed by atoms with Crippen molar-refractivity contribution in [2.24, 2.45) is 5.92 Å². The van der Waals surface area contributed by atoms with Gasteiger partial charge in [-0.2, -0.15) is 10.2 Å². The Bertz CT molecular complexity index is 802. The number of ether oxygens (including phenoxy) is 1. The van der Waals surface area contributed by atoms with E-state index in [2.05, 4.69) is 27.6 Å². The van der Waals surface area contributed by atoms with Gasteiger partial charge in [0.25, 0.3) is 0 Å². The van der Waals surface area contributed by atoms with Gasteiger partial charge in [-0.15, -0.1) is 0 Å². The first-order chi connectivity index (χ1) is 16.1. The molecule has 0 aliphatic carbocycles. The number of hydrogen-bond donors (Lipinski definition) is 2. The lowest BCUT2D eigenvalue weighted by molar-refractivity contribution is 0.0527. The Kier molecular flexibility index (Phi) is 12.7. The number of urea groups is 1. The lowest BCUT2D eigenvalue weighted by Gasteiger charge is -2.30. The summed E-state index contributed by atoms with van der Waals surface area (Å²) in [6.07, 6.45) is 5.49. The molecule has 0 aliphatic heterocycles. The number of hydrogen-bond acceptors (Lipinski definition) is 7. The van der Waals surface area contributed by atoms with E-state index in [0.29, 0.717) is 32.0 Å². The first-order valence-corrected chi connectivity index (χ1v) is 12.1. The number of nitrogens with one attached hydrogen (secondary N) is 2. The molecular formula is C24H41N7O3. The van der Waals surface area contributed by atoms with Crippen molar-refractivity contribution in [2.45, 2.75) is 79.2 Å². The molecule has 0 fully saturated rings. The topological polar surface area (TPSA) is 123 Å². The van der Waals surface area contributed by atoms with E-state index in [9.17, 15) is 9.59 Å². The van der Waals surface area contributed by atoms with Crippen LogP contribution in [0.25, 0.3) is 0 Å². The van der Waals surface area contributed by atoms with Crippen molar-refractivity contribution in [1.29, 1.82) is 5.26 Å². The molecule has 0 unspecified atom stereocenters. The van der Waals surface area contributed by atoms with Crippen LogP contribution >= 0.6 is 0 Å². The van der Waals surface area contributed by atoms with Gasteiger partial charge in [0.15, 0.2) is 5.82 Å². The Morgan fingerprint density at radius 3 is 2.50 bits per heavy atom. The van der Waals surface area contributed by atoms with Crippen molar-refractivity contribution >= 4 is 17.9 Å². The summed E-state index contributed by atoms with van der Waals surface area (Å²) in [7, 11) is 0. The van der Waals surface area contributed by atoms with Crippen molar-refractivity contribution in [3.8, 4) is 6.07 Å². The third-order valence-electron chi connectivity index (χ3n) is 4.64. The molecule has 10 nitrogen and oxygen atoms in total. The summed E-state index contributed by atoms with van der Waals surface area (Å²) < 4.78 is 5.23. The second-order valence-electron chi connectivity index (χ2n) is 9.60. The zero-order valence-corrected chi connectivity index (χ0v) is 21.6. The summed E-state index contributed by atoms with van der Waals surface area (Å²) in [6.45, 7) is 14.0. The van der Waals surface area contributed by atoms with Gasteiger partial charge in [-0.3, -0.25) is 5.01 Å². The predicted octanol–water partition coefficient (Wildman–Crippen LogP) is 4.23. The van der Waals surface area contributed by atoms with Crippen LogP contribution in [0.4, 0.5) is 15.4 Å². The van der Waals surface area contributed by atoms with Crippen LogP contribution < -0.4 is 15.8 Å². The molecule has 0 aromatic carbocycles. The average Bonchev–Trinajstić information content (AvgIpc) is 2.76. The van der Waals surface area contributed by atoms with Crippen molar-refractivity contribution in [3.05, 3.63) is 18.1 Å². The second kappa shape index (κ2) is 14.9. The van der Waals surface area contributed by atoms with E-state index < -0.39 is 11.7 Å². The minimum atomic E-state index is -0.511. The summed E-state index contributed by atoms with van der Waals surface area (Å²) in [5.74, 6) is 0.808. The van der Waals surface area contributed by atoms with Gasteiger partial charge in [0.1, 0.15) is 11.7 Å². The van der Waals surface area contributed by atoms with Gasteiger partial charge < -0.3 is 15.0 Å². The molecule has 0 aliphatic rings. The molecule has 34 heavy (non-hydrogen) atoms. The number of aromatic nitrogens is 2. The number of carbonyl (C=O) groups excluding carboxylic acids is 2. The minimum Gasteiger partial charge on any atom is -0.444 e. The van der Waals surface area contributed by atoms with E-state index in [4.69, 9.17) is 10.00 Å². The van der Waals surface area contributed by atoms with Crippen molar-refractivity contribution < 1.29 is 14.3 Å². The number of hydrazine groups is 1. The maximum absolute atomic E-state index is 13.1. The molecule has 0 bridgehead atoms. The summed E-state index contributed by atoms with van der Waals surface area (Å²) in [5.41, 5.74) is 2.45. The van der Waals surface area contributed by atoms with Gasteiger partial charge in [0, 0.05) is 38.4 Å². The Labute approximate surface area is 204 Å². The SMILES string of the molecule is CCCCN(CCCCCNC(=O)OC(C)(C)C)C(=O)NN(CC(C)C)c1ccnc(C#N)n1. The highest BCUT2D eigenvalue weighted by Gasteiger charge is 2.19. The largest absolute Gasteiger partial charge is 0.444 e. The van der Waals surface area contributed by atoms with Crippen LogP contribution in [0.3, 0.4) is 0 Å². The summed E-state index contributed by atoms with van der Waals surface area (Å²) >= 11 is 0. The first-order valence-electron chi connectivity index (χ1n) is 12.1. The number of amides is 3. The molecule has 3 amide bonds. The second-order valence-corrected chi connectivity index (χ2v) is 9.60. The summed E-state index contributed by atoms with van der Waals surface area (Å²) in [5, 5.41) is 13.6. The fourth-order valence-electron chi connectivity index (χ4n) is 3.07. The quantitative estimate of drug-likeness (QED) is 0.323. The molecule has 2 N–H and O–H groups in total. The summed E-state index contributed by atoms with van der Waals surface area (Å²) in [4.78, 5) is 34.8. The van der Waals surface area contributed by atoms with Crippen molar-refractivity contribution in [1.82, 2.24) is 25.6 Å². The number of alkyl carbamates (subject to hydrolysis) is 1. The maximum Gasteiger partial charge on any atom is 0.407 e. The van der Waals surface area contributed by atoms with E-state index in [1.165, 1.54) is 6.20 Å². The molecule has 1 heterocycles. The molecule has 1 aromatic rings. The van der Waals surface area contributed by atoms with E-state index in [0.717, 1.165) is 32.1 Å². The Morgan fingerprint density at radius 2 is 1.88 bits per heavy atom. The van der Waals surface area contributed by atoms with Crippen molar-refractivity contribution in [2.75, 3.05) is 31.2 Å². The molecule has 1 rings (SSSR count). The molecule has 0 saturated carbocycles. The van der Waals surface area contributed by atoms with Crippen LogP contribution in [0.2, 0.25) is 0 Å². The van der Waals surface area contributed by atoms with E-state index in [1.807, 2.05) is 45.6 Å². The van der Waals surface area contributed by atoms with Crippen LogP contribution in [0.1, 0.15) is 79.5 Å². The van der Waals surface area contributed by atoms with E-state index >= 15 is 0 Å². The number of carbonyl (C=O) groups is 2. The van der Waals surface area contributed by atoms with Gasteiger partial charge in [0.2, 0.25) is 5.82 Å². The molecule has 0 atom stereocenters. The fraction of sp³-hybridized carbons (Fsp3) is 0.708. The normalized spacial score (nSPS) is 11.0. The van der Waals surface area contributed by atoms with Gasteiger partial charge >= 0.3 is 12.1 Å². The highest BCUT2D eigenvalue weighted by atomic mass is 16.6. The highest BCUT2D eigenvalue weighted by molar-refractivity contribution is 5.76. The third kappa shape index (κ3) is 12.2. The monoisotopic (exact) mass is 475 g/mol. The van der Waals surface area contributed by atoms with E-state index in [1.54, 1.807) is 11.1 Å².